The van der Waals surface area contributed by atoms with Crippen molar-refractivity contribution in [1.82, 2.24) is 15.0 Å². The Hall–Kier alpha value is -4.24. The summed E-state index contributed by atoms with van der Waals surface area (Å²) >= 11 is 0. The molecule has 0 amide bonds. The van der Waals surface area contributed by atoms with Crippen LogP contribution in [0.1, 0.15) is 79.0 Å². The van der Waals surface area contributed by atoms with E-state index in [0.717, 1.165) is 33.8 Å². The summed E-state index contributed by atoms with van der Waals surface area (Å²) in [7, 11) is 0. The zero-order valence-electron chi connectivity index (χ0n) is 30.3. The number of aromatic nitrogens is 3. The number of hydrogen-bond acceptors (Lipinski definition) is 3. The predicted octanol–water partition coefficient (Wildman–Crippen LogP) is 11.5. The Kier molecular flexibility index (Phi) is 13.9. The summed E-state index contributed by atoms with van der Waals surface area (Å²) < 4.78 is 0. The fourth-order valence-corrected chi connectivity index (χ4v) is 4.65. The Labute approximate surface area is 308 Å². The van der Waals surface area contributed by atoms with Crippen molar-refractivity contribution in [2.45, 2.75) is 78.6 Å². The van der Waals surface area contributed by atoms with Crippen LogP contribution in [0.3, 0.4) is 0 Å². The number of benzene rings is 3. The van der Waals surface area contributed by atoms with Gasteiger partial charge in [-0.05, 0) is 50.0 Å². The minimum Gasteiger partial charge on any atom is -0.304 e. The Balaban J connectivity index is 0.000000197. The van der Waals surface area contributed by atoms with Gasteiger partial charge in [-0.25, -0.2) is 0 Å². The van der Waals surface area contributed by atoms with Gasteiger partial charge in [-0.1, -0.05) is 98.7 Å². The number of rotatable bonds is 3. The molecule has 3 aromatic carbocycles. The molecule has 0 radical (unpaired) electrons. The topological polar surface area (TPSA) is 38.7 Å². The van der Waals surface area contributed by atoms with E-state index in [1.54, 1.807) is 0 Å². The molecule has 49 heavy (non-hydrogen) atoms. The van der Waals surface area contributed by atoms with Crippen molar-refractivity contribution in [3.8, 4) is 33.8 Å². The molecule has 3 heterocycles. The summed E-state index contributed by atoms with van der Waals surface area (Å²) in [5.74, 6) is 0. The Morgan fingerprint density at radius 1 is 0.367 bits per heavy atom. The maximum absolute atomic E-state index is 4.48. The molecule has 0 aliphatic carbocycles. The van der Waals surface area contributed by atoms with Gasteiger partial charge in [-0.3, -0.25) is 0 Å². The standard InChI is InChI=1S/3C15H16N.Ir/c3*1-15(2,3)13-9-10-14(16-11-13)12-7-5-4-6-8-12;/h3*4-7,9-11H,1-3H3;/q3*-1;+3. The molecule has 0 N–H and O–H groups in total. The molecule has 0 bridgehead atoms. The van der Waals surface area contributed by atoms with Crippen molar-refractivity contribution >= 4 is 0 Å². The summed E-state index contributed by atoms with van der Waals surface area (Å²) in [6.07, 6.45) is 5.86. The third kappa shape index (κ3) is 12.0. The smallest absolute Gasteiger partial charge is 0.304 e. The second kappa shape index (κ2) is 17.4. The van der Waals surface area contributed by atoms with Crippen LogP contribution in [0.4, 0.5) is 0 Å². The van der Waals surface area contributed by atoms with Crippen LogP contribution in [0.5, 0.6) is 0 Å². The molecule has 0 atom stereocenters. The molecule has 0 spiro atoms. The van der Waals surface area contributed by atoms with Gasteiger partial charge in [0.05, 0.1) is 0 Å². The second-order valence-corrected chi connectivity index (χ2v) is 14.9. The first kappa shape index (κ1) is 39.2. The number of hydrogen-bond donors (Lipinski definition) is 0. The predicted molar refractivity (Wildman–Crippen MR) is 202 cm³/mol. The second-order valence-electron chi connectivity index (χ2n) is 14.9. The van der Waals surface area contributed by atoms with E-state index in [1.165, 1.54) is 16.7 Å². The molecule has 3 aromatic heterocycles. The van der Waals surface area contributed by atoms with Crippen LogP contribution in [0, 0.1) is 18.2 Å². The molecule has 3 nitrogen and oxygen atoms in total. The summed E-state index contributed by atoms with van der Waals surface area (Å²) in [4.78, 5) is 13.5. The van der Waals surface area contributed by atoms with E-state index < -0.39 is 0 Å². The maximum Gasteiger partial charge on any atom is 3.00 e. The van der Waals surface area contributed by atoms with Crippen LogP contribution in [0.15, 0.2) is 128 Å². The number of pyridine rings is 3. The minimum absolute atomic E-state index is 0. The van der Waals surface area contributed by atoms with Crippen LogP contribution in [-0.2, 0) is 36.4 Å². The average molecular weight is 823 g/mol. The van der Waals surface area contributed by atoms with Gasteiger partial charge in [0.15, 0.2) is 0 Å². The van der Waals surface area contributed by atoms with Gasteiger partial charge in [-0.15, -0.1) is 108 Å². The first-order chi connectivity index (χ1) is 22.7. The first-order valence-electron chi connectivity index (χ1n) is 16.5. The molecule has 4 heteroatoms. The van der Waals surface area contributed by atoms with Gasteiger partial charge in [0.2, 0.25) is 0 Å². The van der Waals surface area contributed by atoms with Crippen molar-refractivity contribution in [1.29, 1.82) is 0 Å². The molecule has 0 saturated carbocycles. The molecular formula is C45H48IrN3. The van der Waals surface area contributed by atoms with E-state index in [2.05, 4.69) is 132 Å². The van der Waals surface area contributed by atoms with Crippen LogP contribution in [0.25, 0.3) is 33.8 Å². The summed E-state index contributed by atoms with van der Waals surface area (Å²) in [5, 5.41) is 0. The molecular weight excluding hydrogens is 775 g/mol. The fraction of sp³-hybridized carbons (Fsp3) is 0.267. The quantitative estimate of drug-likeness (QED) is 0.167. The van der Waals surface area contributed by atoms with Crippen molar-refractivity contribution in [2.24, 2.45) is 0 Å². The maximum atomic E-state index is 4.48. The van der Waals surface area contributed by atoms with E-state index in [1.807, 2.05) is 91.4 Å². The molecule has 0 fully saturated rings. The van der Waals surface area contributed by atoms with Gasteiger partial charge >= 0.3 is 20.1 Å². The minimum atomic E-state index is 0. The van der Waals surface area contributed by atoms with Gasteiger partial charge < -0.3 is 15.0 Å². The van der Waals surface area contributed by atoms with Crippen LogP contribution in [-0.4, -0.2) is 15.0 Å². The largest absolute Gasteiger partial charge is 3.00 e. The molecule has 252 valence electrons. The average Bonchev–Trinajstić information content (AvgIpc) is 3.09. The van der Waals surface area contributed by atoms with Crippen LogP contribution in [0.2, 0.25) is 0 Å². The Bertz CT molecular complexity index is 1580. The van der Waals surface area contributed by atoms with E-state index in [9.17, 15) is 0 Å². The molecule has 0 aliphatic rings. The SMILES string of the molecule is CC(C)(C)c1ccc(-c2[c-]cccc2)nc1.CC(C)(C)c1ccc(-c2[c-]cccc2)nc1.CC(C)(C)c1ccc(-c2[c-]cccc2)nc1.[Ir+3]. The van der Waals surface area contributed by atoms with Gasteiger partial charge in [0, 0.05) is 18.6 Å². The molecule has 0 saturated heterocycles. The third-order valence-electron chi connectivity index (χ3n) is 7.84. The fourth-order valence-electron chi connectivity index (χ4n) is 4.65. The van der Waals surface area contributed by atoms with Crippen LogP contribution < -0.4 is 0 Å². The normalized spacial score (nSPS) is 11.2. The van der Waals surface area contributed by atoms with E-state index in [4.69, 9.17) is 0 Å². The van der Waals surface area contributed by atoms with E-state index in [0.29, 0.717) is 0 Å². The zero-order chi connectivity index (χ0) is 34.8. The summed E-state index contributed by atoms with van der Waals surface area (Å²) in [6, 6.07) is 45.9. The monoisotopic (exact) mass is 823 g/mol. The van der Waals surface area contributed by atoms with Gasteiger partial charge in [0.25, 0.3) is 0 Å². The summed E-state index contributed by atoms with van der Waals surface area (Å²) in [5.41, 5.74) is 10.3. The Morgan fingerprint density at radius 2 is 0.633 bits per heavy atom. The number of nitrogens with zero attached hydrogens (tertiary/aromatic N) is 3. The van der Waals surface area contributed by atoms with Crippen LogP contribution >= 0.6 is 0 Å². The van der Waals surface area contributed by atoms with Crippen molar-refractivity contribution in [2.75, 3.05) is 0 Å². The summed E-state index contributed by atoms with van der Waals surface area (Å²) in [6.45, 7) is 19.7. The molecule has 0 unspecified atom stereocenters. The third-order valence-corrected chi connectivity index (χ3v) is 7.84. The van der Waals surface area contributed by atoms with Crippen molar-refractivity contribution in [3.05, 3.63) is 163 Å². The van der Waals surface area contributed by atoms with Crippen molar-refractivity contribution < 1.29 is 20.1 Å². The Morgan fingerprint density at radius 3 is 0.796 bits per heavy atom. The molecule has 0 aliphatic heterocycles. The molecule has 6 aromatic rings. The van der Waals surface area contributed by atoms with E-state index in [-0.39, 0.29) is 36.4 Å². The van der Waals surface area contributed by atoms with Gasteiger partial charge in [-0.2, -0.15) is 0 Å². The van der Waals surface area contributed by atoms with E-state index >= 15 is 0 Å². The zero-order valence-corrected chi connectivity index (χ0v) is 32.7. The van der Waals surface area contributed by atoms with Crippen molar-refractivity contribution in [3.63, 3.8) is 0 Å². The van der Waals surface area contributed by atoms with Gasteiger partial charge in [0.1, 0.15) is 0 Å². The first-order valence-corrected chi connectivity index (χ1v) is 16.5. The molecule has 6 rings (SSSR count).